The minimum atomic E-state index is -2.75. The quantitative estimate of drug-likeness (QED) is 0.499. The molecule has 5 heteroatoms. The van der Waals surface area contributed by atoms with Gasteiger partial charge in [0.15, 0.2) is 0 Å². The molecule has 42 valence electrons. The topological polar surface area (TPSA) is 9.23 Å². The van der Waals surface area contributed by atoms with E-state index >= 15 is 0 Å². The predicted octanol–water partition coefficient (Wildman–Crippen LogP) is 1.77. The highest BCUT2D eigenvalue weighted by Gasteiger charge is 2.15. The summed E-state index contributed by atoms with van der Waals surface area (Å²) in [6.45, 7) is -5.50. The Morgan fingerprint density at radius 1 is 0.857 bits per heavy atom. The maximum Gasteiger partial charge on any atom is 0.453 e. The smallest absolute Gasteiger partial charge is 0.241 e. The van der Waals surface area contributed by atoms with E-state index in [1.807, 2.05) is 0 Å². The molecule has 0 aliphatic carbocycles. The number of hydrogen-bond acceptors (Lipinski definition) is 1. The molecule has 0 rings (SSSR count). The van der Waals surface area contributed by atoms with Gasteiger partial charge in [0.2, 0.25) is 0 Å². The average molecular weight is 116 g/mol. The Labute approximate surface area is 36.9 Å². The summed E-state index contributed by atoms with van der Waals surface area (Å²) in [7, 11) is 0. The van der Waals surface area contributed by atoms with Crippen molar-refractivity contribution < 1.29 is 22.3 Å². The molecule has 0 aliphatic rings. The molecule has 0 heterocycles. The monoisotopic (exact) mass is 116 g/mol. The van der Waals surface area contributed by atoms with Crippen molar-refractivity contribution >= 4 is 0 Å². The van der Waals surface area contributed by atoms with Gasteiger partial charge in [-0.15, -0.1) is 0 Å². The first-order valence-electron chi connectivity index (χ1n) is 1.16. The molecule has 2 radical (unpaired) electrons. The van der Waals surface area contributed by atoms with Gasteiger partial charge >= 0.3 is 13.2 Å². The highest BCUT2D eigenvalue weighted by Crippen LogP contribution is 2.15. The molecule has 0 spiro atoms. The summed E-state index contributed by atoms with van der Waals surface area (Å²) >= 11 is 0. The van der Waals surface area contributed by atoms with Crippen molar-refractivity contribution in [2.45, 2.75) is 0 Å². The zero-order valence-electron chi connectivity index (χ0n) is 2.92. The van der Waals surface area contributed by atoms with Gasteiger partial charge in [0, 0.05) is 0 Å². The van der Waals surface area contributed by atoms with Crippen molar-refractivity contribution in [3.8, 4) is 0 Å². The molecule has 0 aliphatic heterocycles. The molecule has 0 unspecified atom stereocenters. The molecule has 0 fully saturated rings. The summed E-state index contributed by atoms with van der Waals surface area (Å²) < 4.78 is 44.3. The number of halogens is 4. The molecule has 0 aromatic carbocycles. The second-order valence-electron chi connectivity index (χ2n) is 0.554. The van der Waals surface area contributed by atoms with Gasteiger partial charge in [-0.25, -0.2) is 4.74 Å². The second kappa shape index (κ2) is 2.79. The highest BCUT2D eigenvalue weighted by molar-refractivity contribution is 4.44. The van der Waals surface area contributed by atoms with Crippen molar-refractivity contribution in [2.75, 3.05) is 0 Å². The van der Waals surface area contributed by atoms with E-state index in [2.05, 4.69) is 4.74 Å². The first-order valence-corrected chi connectivity index (χ1v) is 1.16. The van der Waals surface area contributed by atoms with Gasteiger partial charge in [-0.2, -0.15) is 17.6 Å². The predicted molar refractivity (Wildman–Crippen MR) is 12.0 cm³/mol. The zero-order chi connectivity index (χ0) is 5.86. The first kappa shape index (κ1) is 6.68. The molecule has 0 saturated heterocycles. The third kappa shape index (κ3) is 5.68. The number of ether oxygens (including phenoxy) is 1. The van der Waals surface area contributed by atoms with Crippen LogP contribution in [0.4, 0.5) is 17.6 Å². The van der Waals surface area contributed by atoms with Crippen LogP contribution in [0.3, 0.4) is 0 Å². The Balaban J connectivity index is 2.95. The summed E-state index contributed by atoms with van der Waals surface area (Å²) in [4.78, 5) is 0. The Morgan fingerprint density at radius 3 is 1.14 bits per heavy atom. The van der Waals surface area contributed by atoms with Crippen LogP contribution in [-0.2, 0) is 4.74 Å². The maximum atomic E-state index is 10.5. The van der Waals surface area contributed by atoms with Crippen LogP contribution in [0, 0.1) is 13.2 Å². The fraction of sp³-hybridized carbons (Fsp3) is 0. The Bertz CT molecular complexity index is 39.0. The molecule has 0 aromatic rings. The van der Waals surface area contributed by atoms with E-state index in [0.717, 1.165) is 0 Å². The second-order valence-corrected chi connectivity index (χ2v) is 0.554. The van der Waals surface area contributed by atoms with Gasteiger partial charge in [-0.3, -0.25) is 0 Å². The summed E-state index contributed by atoms with van der Waals surface area (Å²) in [6.07, 6.45) is 0. The van der Waals surface area contributed by atoms with E-state index < -0.39 is 13.2 Å². The Hall–Kier alpha value is -0.320. The molecule has 0 amide bonds. The minimum Gasteiger partial charge on any atom is -0.241 e. The van der Waals surface area contributed by atoms with E-state index in [1.165, 1.54) is 0 Å². The van der Waals surface area contributed by atoms with Crippen LogP contribution in [0.15, 0.2) is 0 Å². The van der Waals surface area contributed by atoms with Gasteiger partial charge < -0.3 is 0 Å². The SMILES string of the molecule is F[C](F)O[C](F)F. The molecule has 0 bridgehead atoms. The number of rotatable bonds is 2. The van der Waals surface area contributed by atoms with E-state index in [0.29, 0.717) is 0 Å². The molecule has 1 nitrogen and oxygen atoms in total. The van der Waals surface area contributed by atoms with Crippen molar-refractivity contribution in [1.29, 1.82) is 0 Å². The normalized spacial score (nSPS) is 11.1. The van der Waals surface area contributed by atoms with Gasteiger partial charge in [-0.1, -0.05) is 0 Å². The Kier molecular flexibility index (Phi) is 2.66. The van der Waals surface area contributed by atoms with Crippen molar-refractivity contribution in [2.24, 2.45) is 0 Å². The lowest BCUT2D eigenvalue weighted by Crippen LogP contribution is -1.88. The summed E-state index contributed by atoms with van der Waals surface area (Å²) in [5, 5.41) is 0. The zero-order valence-corrected chi connectivity index (χ0v) is 2.92. The van der Waals surface area contributed by atoms with Crippen LogP contribution in [0.2, 0.25) is 0 Å². The maximum absolute atomic E-state index is 10.5. The standard InChI is InChI=1S/C2F4O/c3-1(4)7-2(5)6. The average Bonchev–Trinajstić information content (AvgIpc) is 1.27. The lowest BCUT2D eigenvalue weighted by atomic mass is 11.3. The summed E-state index contributed by atoms with van der Waals surface area (Å²) in [5.41, 5.74) is 0. The first-order chi connectivity index (χ1) is 3.13. The van der Waals surface area contributed by atoms with Gasteiger partial charge in [0.25, 0.3) is 0 Å². The van der Waals surface area contributed by atoms with Crippen LogP contribution in [-0.4, -0.2) is 0 Å². The molecule has 0 atom stereocenters. The lowest BCUT2D eigenvalue weighted by Gasteiger charge is -1.90. The minimum absolute atomic E-state index is 2.42. The molecule has 7 heavy (non-hydrogen) atoms. The number of hydrogen-bond donors (Lipinski definition) is 0. The molecule has 0 N–H and O–H groups in total. The van der Waals surface area contributed by atoms with E-state index in [9.17, 15) is 17.6 Å². The van der Waals surface area contributed by atoms with Crippen molar-refractivity contribution in [3.05, 3.63) is 13.2 Å². The highest BCUT2D eigenvalue weighted by atomic mass is 19.3. The van der Waals surface area contributed by atoms with E-state index in [1.54, 1.807) is 0 Å². The lowest BCUT2D eigenvalue weighted by molar-refractivity contribution is -0.0982. The third-order valence-corrected chi connectivity index (χ3v) is 0.154. The fourth-order valence-corrected chi connectivity index (χ4v) is 0.0583. The van der Waals surface area contributed by atoms with Gasteiger partial charge in [-0.05, 0) is 0 Å². The third-order valence-electron chi connectivity index (χ3n) is 0.154. The fourth-order valence-electron chi connectivity index (χ4n) is 0.0583. The van der Waals surface area contributed by atoms with Crippen LogP contribution >= 0.6 is 0 Å². The van der Waals surface area contributed by atoms with Gasteiger partial charge in [0.1, 0.15) is 0 Å². The van der Waals surface area contributed by atoms with Gasteiger partial charge in [0.05, 0.1) is 0 Å². The Morgan fingerprint density at radius 2 is 1.14 bits per heavy atom. The molecular formula is C2F4O. The summed E-state index contributed by atoms with van der Waals surface area (Å²) in [5.74, 6) is 0. The van der Waals surface area contributed by atoms with Crippen LogP contribution < -0.4 is 0 Å². The van der Waals surface area contributed by atoms with Crippen LogP contribution in [0.1, 0.15) is 0 Å². The molecule has 0 aromatic heterocycles. The molecule has 0 saturated carbocycles. The molecular weight excluding hydrogens is 116 g/mol. The van der Waals surface area contributed by atoms with Crippen LogP contribution in [0.25, 0.3) is 0 Å². The van der Waals surface area contributed by atoms with Crippen LogP contribution in [0.5, 0.6) is 0 Å². The van der Waals surface area contributed by atoms with Crippen molar-refractivity contribution in [3.63, 3.8) is 0 Å². The summed E-state index contributed by atoms with van der Waals surface area (Å²) in [6, 6.07) is 0. The van der Waals surface area contributed by atoms with Crippen molar-refractivity contribution in [1.82, 2.24) is 0 Å². The largest absolute Gasteiger partial charge is 0.453 e. The van der Waals surface area contributed by atoms with E-state index in [-0.39, 0.29) is 0 Å². The van der Waals surface area contributed by atoms with E-state index in [4.69, 9.17) is 0 Å².